The molecule has 8 heteroatoms. The second-order valence-corrected chi connectivity index (χ2v) is 12.6. The van der Waals surface area contributed by atoms with Crippen LogP contribution in [0.15, 0.2) is 6.08 Å². The van der Waals surface area contributed by atoms with Crippen molar-refractivity contribution in [2.75, 3.05) is 33.4 Å². The first-order chi connectivity index (χ1) is 19.4. The van der Waals surface area contributed by atoms with Crippen molar-refractivity contribution in [2.24, 2.45) is 5.92 Å². The van der Waals surface area contributed by atoms with Crippen LogP contribution in [0.3, 0.4) is 0 Å². The minimum atomic E-state index is -0.548. The Labute approximate surface area is 249 Å². The van der Waals surface area contributed by atoms with Gasteiger partial charge in [0.2, 0.25) is 6.23 Å². The molecule has 2 rings (SSSR count). The second-order valence-electron chi connectivity index (χ2n) is 12.1. The topological polar surface area (TPSA) is 70.5 Å². The smallest absolute Gasteiger partial charge is 0.475 e. The quantitative estimate of drug-likeness (QED) is 0.0773. The molecule has 0 aliphatic carbocycles. The Morgan fingerprint density at radius 3 is 2.08 bits per heavy atom. The van der Waals surface area contributed by atoms with E-state index in [9.17, 15) is 4.79 Å². The number of unbranched alkanes of at least 4 members (excludes halogenated alkanes) is 13. The van der Waals surface area contributed by atoms with Crippen molar-refractivity contribution in [1.29, 1.82) is 0 Å². The number of ether oxygens (including phenoxy) is 3. The predicted molar refractivity (Wildman–Crippen MR) is 166 cm³/mol. The summed E-state index contributed by atoms with van der Waals surface area (Å²) < 4.78 is 27.1. The van der Waals surface area contributed by atoms with Gasteiger partial charge in [0, 0.05) is 17.9 Å². The van der Waals surface area contributed by atoms with E-state index in [4.69, 9.17) is 14.2 Å². The van der Waals surface area contributed by atoms with Crippen LogP contribution < -0.4 is 4.74 Å². The predicted octanol–water partition coefficient (Wildman–Crippen LogP) is 9.18. The summed E-state index contributed by atoms with van der Waals surface area (Å²) in [5.74, 6) is 0.788. The molecular weight excluding hydrogens is 522 g/mol. The Hall–Kier alpha value is -1.67. The Morgan fingerprint density at radius 1 is 0.875 bits per heavy atom. The fourth-order valence-corrected chi connectivity index (χ4v) is 6.19. The zero-order valence-electron chi connectivity index (χ0n) is 26.3. The van der Waals surface area contributed by atoms with Gasteiger partial charge in [0.1, 0.15) is 12.2 Å². The van der Waals surface area contributed by atoms with Gasteiger partial charge in [0.05, 0.1) is 38.5 Å². The van der Waals surface area contributed by atoms with Gasteiger partial charge in [-0.1, -0.05) is 117 Å². The van der Waals surface area contributed by atoms with E-state index in [0.29, 0.717) is 30.1 Å². The third-order valence-electron chi connectivity index (χ3n) is 7.93. The largest absolute Gasteiger partial charge is 0.512 e. The number of carbonyl (C=O) groups excluding carboxylic acids is 1. The van der Waals surface area contributed by atoms with Crippen molar-refractivity contribution >= 4 is 23.5 Å². The molecule has 1 aliphatic rings. The highest BCUT2D eigenvalue weighted by atomic mass is 32.1. The Morgan fingerprint density at radius 2 is 1.45 bits per heavy atom. The number of likely N-dealkylation sites (N-methyl/N-ethyl adjacent to an activating group) is 1. The zero-order chi connectivity index (χ0) is 29.1. The Kier molecular flexibility index (Phi) is 17.5. The van der Waals surface area contributed by atoms with Crippen LogP contribution in [0.5, 0.6) is 5.88 Å². The van der Waals surface area contributed by atoms with Crippen molar-refractivity contribution < 1.29 is 23.5 Å². The van der Waals surface area contributed by atoms with E-state index < -0.39 is 6.16 Å². The third-order valence-corrected chi connectivity index (χ3v) is 8.44. The normalized spacial score (nSPS) is 18.0. The molecule has 1 aromatic rings. The maximum Gasteiger partial charge on any atom is 0.512 e. The molecule has 2 heterocycles. The standard InChI is InChI=1S/C32H58N3O4S/c1-6-8-10-12-13-14-15-16-17-18-20-25-38-32(36)39-31(27(3)4)35(5)23-21-22-28(26-35)29-30(34-40-33-29)37-24-19-11-9-7-2/h22,27,31H,6-21,23-26H2,1-5H3/q+1. The van der Waals surface area contributed by atoms with Crippen LogP contribution >= 0.6 is 11.7 Å². The summed E-state index contributed by atoms with van der Waals surface area (Å²) in [6.07, 6.45) is 20.9. The van der Waals surface area contributed by atoms with Crippen LogP contribution in [0.1, 0.15) is 136 Å². The first kappa shape index (κ1) is 34.5. The number of carbonyl (C=O) groups is 1. The van der Waals surface area contributed by atoms with E-state index in [-0.39, 0.29) is 12.1 Å². The molecule has 40 heavy (non-hydrogen) atoms. The van der Waals surface area contributed by atoms with Crippen molar-refractivity contribution in [3.8, 4) is 5.88 Å². The van der Waals surface area contributed by atoms with E-state index in [2.05, 4.69) is 49.6 Å². The molecule has 0 radical (unpaired) electrons. The second kappa shape index (κ2) is 20.2. The molecule has 1 aromatic heterocycles. The lowest BCUT2D eigenvalue weighted by atomic mass is 10.0. The highest BCUT2D eigenvalue weighted by Crippen LogP contribution is 2.33. The van der Waals surface area contributed by atoms with E-state index >= 15 is 0 Å². The molecule has 0 spiro atoms. The SMILES string of the molecule is CCCCCCCCCCCCCOC(=O)OC(C(C)C)[N+]1(C)CCC=C(c2nsnc2OCCCCCC)C1. The van der Waals surface area contributed by atoms with Crippen LogP contribution in [0.25, 0.3) is 5.57 Å². The summed E-state index contributed by atoms with van der Waals surface area (Å²) in [7, 11) is 2.17. The molecular formula is C32H58N3O4S+. The molecule has 230 valence electrons. The van der Waals surface area contributed by atoms with Crippen molar-refractivity contribution in [2.45, 2.75) is 137 Å². The lowest BCUT2D eigenvalue weighted by Crippen LogP contribution is -2.58. The van der Waals surface area contributed by atoms with E-state index in [1.807, 2.05) is 0 Å². The number of hydrogen-bond acceptors (Lipinski definition) is 7. The minimum absolute atomic E-state index is 0.154. The molecule has 0 N–H and O–H groups in total. The van der Waals surface area contributed by atoms with E-state index in [0.717, 1.165) is 43.5 Å². The molecule has 7 nitrogen and oxygen atoms in total. The van der Waals surface area contributed by atoms with Crippen molar-refractivity contribution in [3.05, 3.63) is 11.8 Å². The number of aromatic nitrogens is 2. The fraction of sp³-hybridized carbons (Fsp3) is 0.844. The molecule has 2 atom stereocenters. The first-order valence-electron chi connectivity index (χ1n) is 16.2. The van der Waals surface area contributed by atoms with Crippen LogP contribution in [0, 0.1) is 5.92 Å². The van der Waals surface area contributed by atoms with Crippen LogP contribution in [-0.2, 0) is 9.47 Å². The summed E-state index contributed by atoms with van der Waals surface area (Å²) >= 11 is 1.20. The van der Waals surface area contributed by atoms with Crippen LogP contribution in [0.4, 0.5) is 4.79 Å². The van der Waals surface area contributed by atoms with Gasteiger partial charge in [-0.2, -0.15) is 4.37 Å². The maximum absolute atomic E-state index is 12.7. The third kappa shape index (κ3) is 12.9. The summed E-state index contributed by atoms with van der Waals surface area (Å²) in [4.78, 5) is 12.7. The molecule has 1 aliphatic heterocycles. The van der Waals surface area contributed by atoms with Gasteiger partial charge >= 0.3 is 6.16 Å². The molecule has 0 saturated carbocycles. The number of rotatable bonds is 22. The lowest BCUT2D eigenvalue weighted by molar-refractivity contribution is -0.950. The lowest BCUT2D eigenvalue weighted by Gasteiger charge is -2.44. The van der Waals surface area contributed by atoms with Gasteiger partial charge in [-0.05, 0) is 12.8 Å². The number of quaternary nitrogens is 1. The summed E-state index contributed by atoms with van der Waals surface area (Å²) in [6.45, 7) is 11.4. The van der Waals surface area contributed by atoms with Gasteiger partial charge < -0.3 is 14.2 Å². The van der Waals surface area contributed by atoms with E-state index in [1.54, 1.807) is 0 Å². The summed E-state index contributed by atoms with van der Waals surface area (Å²) in [5.41, 5.74) is 1.96. The summed E-state index contributed by atoms with van der Waals surface area (Å²) in [6, 6.07) is 0. The molecule has 0 fully saturated rings. The average Bonchev–Trinajstić information content (AvgIpc) is 3.40. The first-order valence-corrected chi connectivity index (χ1v) is 17.0. The van der Waals surface area contributed by atoms with Gasteiger partial charge in [0.25, 0.3) is 5.88 Å². The highest BCUT2D eigenvalue weighted by Gasteiger charge is 2.41. The Bertz CT molecular complexity index is 844. The van der Waals surface area contributed by atoms with Gasteiger partial charge in [-0.3, -0.25) is 4.48 Å². The van der Waals surface area contributed by atoms with E-state index in [1.165, 1.54) is 88.8 Å². The molecule has 0 bridgehead atoms. The molecule has 0 saturated heterocycles. The van der Waals surface area contributed by atoms with Crippen molar-refractivity contribution in [3.63, 3.8) is 0 Å². The van der Waals surface area contributed by atoms with Crippen molar-refractivity contribution in [1.82, 2.24) is 8.75 Å². The summed E-state index contributed by atoms with van der Waals surface area (Å²) in [5, 5.41) is 0. The van der Waals surface area contributed by atoms with Gasteiger partial charge in [-0.25, -0.2) is 4.79 Å². The highest BCUT2D eigenvalue weighted by molar-refractivity contribution is 6.99. The molecule has 2 unspecified atom stereocenters. The zero-order valence-corrected chi connectivity index (χ0v) is 27.1. The van der Waals surface area contributed by atoms with Gasteiger partial charge in [-0.15, -0.1) is 4.37 Å². The van der Waals surface area contributed by atoms with Crippen LogP contribution in [-0.4, -0.2) is 59.0 Å². The average molecular weight is 581 g/mol. The number of hydrogen-bond donors (Lipinski definition) is 0. The maximum atomic E-state index is 12.7. The fourth-order valence-electron chi connectivity index (χ4n) is 5.66. The van der Waals surface area contributed by atoms with Crippen LogP contribution in [0.2, 0.25) is 0 Å². The van der Waals surface area contributed by atoms with Gasteiger partial charge in [0.15, 0.2) is 0 Å². The molecule has 0 aromatic carbocycles. The monoisotopic (exact) mass is 580 g/mol. The molecule has 0 amide bonds. The Balaban J connectivity index is 1.75. The minimum Gasteiger partial charge on any atom is -0.475 e. The number of nitrogens with zero attached hydrogens (tertiary/aromatic N) is 3.